The van der Waals surface area contributed by atoms with Crippen LogP contribution >= 0.6 is 15.9 Å². The van der Waals surface area contributed by atoms with Gasteiger partial charge in [-0.05, 0) is 46.6 Å². The minimum Gasteiger partial charge on any atom is -0.493 e. The third-order valence-electron chi connectivity index (χ3n) is 5.67. The molecule has 1 fully saturated rings. The fourth-order valence-corrected chi connectivity index (χ4v) is 4.23. The molecule has 182 valence electrons. The Morgan fingerprint density at radius 1 is 1.06 bits per heavy atom. The van der Waals surface area contributed by atoms with Crippen LogP contribution in [-0.2, 0) is 0 Å². The molecular weight excluding hydrogens is 503 g/mol. The number of nitrogens with zero attached hydrogens (tertiary/aromatic N) is 3. The molecule has 0 unspecified atom stereocenters. The Kier molecular flexibility index (Phi) is 8.86. The van der Waals surface area contributed by atoms with E-state index in [9.17, 15) is 4.39 Å². The van der Waals surface area contributed by atoms with E-state index in [0.717, 1.165) is 63.1 Å². The van der Waals surface area contributed by atoms with Crippen molar-refractivity contribution in [3.05, 3.63) is 46.9 Å². The third-order valence-corrected chi connectivity index (χ3v) is 6.28. The Morgan fingerprint density at radius 2 is 1.85 bits per heavy atom. The smallest absolute Gasteiger partial charge is 0.162 e. The number of anilines is 2. The quantitative estimate of drug-likeness (QED) is 0.380. The molecule has 1 saturated heterocycles. The summed E-state index contributed by atoms with van der Waals surface area (Å²) in [5.41, 5.74) is 1.43. The fraction of sp³-hybridized carbons (Fsp3) is 0.417. The van der Waals surface area contributed by atoms with Gasteiger partial charge in [0.15, 0.2) is 11.5 Å². The highest BCUT2D eigenvalue weighted by atomic mass is 79.9. The highest BCUT2D eigenvalue weighted by Gasteiger charge is 2.13. The van der Waals surface area contributed by atoms with Crippen LogP contribution in [-0.4, -0.2) is 74.4 Å². The Morgan fingerprint density at radius 3 is 2.59 bits per heavy atom. The number of rotatable bonds is 8. The van der Waals surface area contributed by atoms with Gasteiger partial charge in [0.2, 0.25) is 0 Å². The second-order valence-electron chi connectivity index (χ2n) is 8.04. The molecular formula is C24H30BrFN6O2. The van der Waals surface area contributed by atoms with Crippen LogP contribution in [0.15, 0.2) is 41.1 Å². The zero-order valence-corrected chi connectivity index (χ0v) is 20.8. The van der Waals surface area contributed by atoms with Crippen LogP contribution in [0.2, 0.25) is 0 Å². The van der Waals surface area contributed by atoms with E-state index in [1.165, 1.54) is 12.4 Å². The maximum absolute atomic E-state index is 13.6. The molecule has 0 bridgehead atoms. The average molecular weight is 533 g/mol. The molecule has 0 spiro atoms. The Labute approximate surface area is 207 Å². The zero-order valence-electron chi connectivity index (χ0n) is 19.2. The second kappa shape index (κ2) is 12.3. The predicted molar refractivity (Wildman–Crippen MR) is 136 cm³/mol. The van der Waals surface area contributed by atoms with Gasteiger partial charge >= 0.3 is 0 Å². The number of aromatic nitrogens is 2. The number of benzene rings is 2. The molecule has 0 radical (unpaired) electrons. The highest BCUT2D eigenvalue weighted by Crippen LogP contribution is 2.35. The van der Waals surface area contributed by atoms with E-state index >= 15 is 0 Å². The van der Waals surface area contributed by atoms with Gasteiger partial charge in [-0.2, -0.15) is 0 Å². The van der Waals surface area contributed by atoms with Gasteiger partial charge in [0.1, 0.15) is 18.0 Å². The number of methoxy groups -OCH3 is 1. The molecule has 1 aliphatic heterocycles. The lowest BCUT2D eigenvalue weighted by Crippen LogP contribution is -2.35. The largest absolute Gasteiger partial charge is 0.493 e. The van der Waals surface area contributed by atoms with E-state index in [4.69, 9.17) is 9.47 Å². The maximum atomic E-state index is 13.6. The summed E-state index contributed by atoms with van der Waals surface area (Å²) in [6, 6.07) is 8.46. The van der Waals surface area contributed by atoms with Crippen molar-refractivity contribution in [1.29, 1.82) is 0 Å². The first-order valence-corrected chi connectivity index (χ1v) is 12.2. The van der Waals surface area contributed by atoms with Gasteiger partial charge < -0.3 is 30.3 Å². The molecule has 8 nitrogen and oxygen atoms in total. The predicted octanol–water partition coefficient (Wildman–Crippen LogP) is 3.55. The summed E-state index contributed by atoms with van der Waals surface area (Å²) >= 11 is 3.22. The van der Waals surface area contributed by atoms with Crippen molar-refractivity contribution in [2.45, 2.75) is 6.42 Å². The van der Waals surface area contributed by atoms with Gasteiger partial charge in [0, 0.05) is 63.0 Å². The van der Waals surface area contributed by atoms with E-state index in [-0.39, 0.29) is 5.82 Å². The fourth-order valence-electron chi connectivity index (χ4n) is 3.85. The van der Waals surface area contributed by atoms with Crippen molar-refractivity contribution in [3.8, 4) is 11.5 Å². The summed E-state index contributed by atoms with van der Waals surface area (Å²) < 4.78 is 25.7. The first kappa shape index (κ1) is 24.6. The van der Waals surface area contributed by atoms with Crippen LogP contribution in [0.3, 0.4) is 0 Å². The van der Waals surface area contributed by atoms with Crippen molar-refractivity contribution < 1.29 is 13.9 Å². The van der Waals surface area contributed by atoms with Crippen LogP contribution in [0.1, 0.15) is 6.42 Å². The van der Waals surface area contributed by atoms with E-state index in [1.807, 2.05) is 12.1 Å². The second-order valence-corrected chi connectivity index (χ2v) is 8.89. The standard InChI is InChI=1S/C24H30BrFN6O2/c1-33-22-15-21-18(24(30-16-29-21)31-17-3-4-20(26)19(25)13-17)14-23(22)34-12-2-9-32-10-7-27-5-6-28-8-11-32/h3-4,13-16,27-28H,2,5-12H2,1H3,(H,29,30,31). The molecule has 1 aromatic heterocycles. The number of fused-ring (bicyclic) bond motifs is 1. The molecule has 0 saturated carbocycles. The van der Waals surface area contributed by atoms with Crippen molar-refractivity contribution in [2.24, 2.45) is 0 Å². The number of hydrogen-bond acceptors (Lipinski definition) is 8. The van der Waals surface area contributed by atoms with Crippen molar-refractivity contribution in [2.75, 3.05) is 64.8 Å². The summed E-state index contributed by atoms with van der Waals surface area (Å²) in [7, 11) is 1.62. The molecule has 2 aromatic carbocycles. The monoisotopic (exact) mass is 532 g/mol. The molecule has 1 aliphatic rings. The van der Waals surface area contributed by atoms with Crippen LogP contribution in [0.5, 0.6) is 11.5 Å². The molecule has 0 aliphatic carbocycles. The maximum Gasteiger partial charge on any atom is 0.162 e. The van der Waals surface area contributed by atoms with Gasteiger partial charge in [-0.15, -0.1) is 0 Å². The highest BCUT2D eigenvalue weighted by molar-refractivity contribution is 9.10. The summed E-state index contributed by atoms with van der Waals surface area (Å²) in [5, 5.41) is 10.9. The topological polar surface area (TPSA) is 83.6 Å². The minimum absolute atomic E-state index is 0.322. The lowest BCUT2D eigenvalue weighted by molar-refractivity contribution is 0.233. The summed E-state index contributed by atoms with van der Waals surface area (Å²) in [5.74, 6) is 1.55. The van der Waals surface area contributed by atoms with Crippen LogP contribution in [0, 0.1) is 5.82 Å². The van der Waals surface area contributed by atoms with Crippen molar-refractivity contribution in [3.63, 3.8) is 0 Å². The van der Waals surface area contributed by atoms with E-state index in [1.54, 1.807) is 19.2 Å². The average Bonchev–Trinajstić information content (AvgIpc) is 2.98. The number of ether oxygens (including phenoxy) is 2. The summed E-state index contributed by atoms with van der Waals surface area (Å²) in [4.78, 5) is 11.2. The molecule has 0 amide bonds. The Balaban J connectivity index is 1.45. The first-order valence-electron chi connectivity index (χ1n) is 11.5. The third kappa shape index (κ3) is 6.53. The molecule has 34 heavy (non-hydrogen) atoms. The van der Waals surface area contributed by atoms with Crippen LogP contribution < -0.4 is 25.4 Å². The van der Waals surface area contributed by atoms with Gasteiger partial charge in [0.05, 0.1) is 23.7 Å². The SMILES string of the molecule is COc1cc2ncnc(Nc3ccc(F)c(Br)c3)c2cc1OCCCN1CCNCCNCC1. The lowest BCUT2D eigenvalue weighted by Gasteiger charge is -2.21. The van der Waals surface area contributed by atoms with Crippen LogP contribution in [0.25, 0.3) is 10.9 Å². The van der Waals surface area contributed by atoms with Crippen molar-refractivity contribution >= 4 is 38.3 Å². The van der Waals surface area contributed by atoms with E-state index < -0.39 is 0 Å². The Bertz CT molecular complexity index is 1090. The van der Waals surface area contributed by atoms with E-state index in [0.29, 0.717) is 34.1 Å². The normalized spacial score (nSPS) is 15.4. The lowest BCUT2D eigenvalue weighted by atomic mass is 10.2. The number of nitrogens with one attached hydrogen (secondary N) is 3. The van der Waals surface area contributed by atoms with Gasteiger partial charge in [-0.3, -0.25) is 0 Å². The molecule has 3 aromatic rings. The Hall–Kier alpha value is -2.53. The number of hydrogen-bond donors (Lipinski definition) is 3. The van der Waals surface area contributed by atoms with Crippen molar-refractivity contribution in [1.82, 2.24) is 25.5 Å². The molecule has 10 heteroatoms. The summed E-state index contributed by atoms with van der Waals surface area (Å²) in [6.07, 6.45) is 2.39. The molecule has 0 atom stereocenters. The minimum atomic E-state index is -0.322. The van der Waals surface area contributed by atoms with Gasteiger partial charge in [-0.1, -0.05) is 0 Å². The van der Waals surface area contributed by atoms with Gasteiger partial charge in [0.25, 0.3) is 0 Å². The first-order chi connectivity index (χ1) is 16.6. The number of halogens is 2. The summed E-state index contributed by atoms with van der Waals surface area (Å²) in [6.45, 7) is 7.63. The van der Waals surface area contributed by atoms with Gasteiger partial charge in [-0.25, -0.2) is 14.4 Å². The van der Waals surface area contributed by atoms with Crippen LogP contribution in [0.4, 0.5) is 15.9 Å². The molecule has 2 heterocycles. The molecule has 4 rings (SSSR count). The van der Waals surface area contributed by atoms with E-state index in [2.05, 4.69) is 46.7 Å². The zero-order chi connectivity index (χ0) is 23.8. The molecule has 3 N–H and O–H groups in total.